The maximum Gasteiger partial charge on any atom is 0.341 e. The fraction of sp³-hybridized carbons (Fsp3) is 0.0667. The van der Waals surface area contributed by atoms with Crippen molar-refractivity contribution < 1.29 is 19.0 Å². The van der Waals surface area contributed by atoms with Crippen LogP contribution in [0.5, 0.6) is 11.5 Å². The van der Waals surface area contributed by atoms with Crippen LogP contribution in [0.1, 0.15) is 15.9 Å². The molecule has 0 saturated heterocycles. The zero-order valence-corrected chi connectivity index (χ0v) is 10.8. The second-order valence-corrected chi connectivity index (χ2v) is 4.22. The van der Waals surface area contributed by atoms with Crippen molar-refractivity contribution >= 4 is 11.7 Å². The number of hydrogen-bond donors (Lipinski definition) is 2. The molecule has 0 amide bonds. The average Bonchev–Trinajstić information content (AvgIpc) is 2.45. The minimum absolute atomic E-state index is 0.0468. The standard InChI is InChI=1S/C15H11FN2O3/c16-11-5-6-12(13(14(11)18)15(19)20)21-10-3-1-9(2-4-10)7-8-17/h1-6H,7,18H2,(H,19,20). The summed E-state index contributed by atoms with van der Waals surface area (Å²) in [4.78, 5) is 11.2. The Morgan fingerprint density at radius 3 is 2.52 bits per heavy atom. The van der Waals surface area contributed by atoms with E-state index in [4.69, 9.17) is 20.8 Å². The van der Waals surface area contributed by atoms with Crippen molar-refractivity contribution in [3.8, 4) is 17.6 Å². The van der Waals surface area contributed by atoms with Gasteiger partial charge in [-0.3, -0.25) is 0 Å². The summed E-state index contributed by atoms with van der Waals surface area (Å²) in [5, 5.41) is 17.7. The lowest BCUT2D eigenvalue weighted by atomic mass is 10.1. The number of nitrogens with two attached hydrogens (primary N) is 1. The van der Waals surface area contributed by atoms with Gasteiger partial charge in [0.2, 0.25) is 0 Å². The van der Waals surface area contributed by atoms with Gasteiger partial charge in [-0.05, 0) is 29.8 Å². The minimum Gasteiger partial charge on any atom is -0.477 e. The average molecular weight is 286 g/mol. The van der Waals surface area contributed by atoms with E-state index in [-0.39, 0.29) is 12.2 Å². The van der Waals surface area contributed by atoms with Gasteiger partial charge in [0, 0.05) is 0 Å². The predicted molar refractivity (Wildman–Crippen MR) is 73.6 cm³/mol. The molecule has 21 heavy (non-hydrogen) atoms. The van der Waals surface area contributed by atoms with Gasteiger partial charge in [0.15, 0.2) is 0 Å². The molecular weight excluding hydrogens is 275 g/mol. The molecule has 3 N–H and O–H groups in total. The number of hydrogen-bond acceptors (Lipinski definition) is 4. The summed E-state index contributed by atoms with van der Waals surface area (Å²) in [6.45, 7) is 0. The molecule has 0 aliphatic rings. The second kappa shape index (κ2) is 5.92. The molecule has 2 aromatic rings. The molecule has 0 heterocycles. The highest BCUT2D eigenvalue weighted by molar-refractivity contribution is 5.97. The van der Waals surface area contributed by atoms with Gasteiger partial charge in [0.05, 0.1) is 18.2 Å². The number of ether oxygens (including phenoxy) is 1. The van der Waals surface area contributed by atoms with Crippen molar-refractivity contribution in [2.75, 3.05) is 5.73 Å². The lowest BCUT2D eigenvalue weighted by molar-refractivity contribution is 0.0695. The number of halogens is 1. The number of nitrogens with zero attached hydrogens (tertiary/aromatic N) is 1. The molecule has 0 fully saturated rings. The predicted octanol–water partition coefficient (Wildman–Crippen LogP) is 2.96. The zero-order valence-electron chi connectivity index (χ0n) is 10.8. The Kier molecular flexibility index (Phi) is 4.05. The zero-order chi connectivity index (χ0) is 15.4. The monoisotopic (exact) mass is 286 g/mol. The highest BCUT2D eigenvalue weighted by Crippen LogP contribution is 2.31. The summed E-state index contributed by atoms with van der Waals surface area (Å²) in [6.07, 6.45) is 0.268. The molecule has 0 aromatic heterocycles. The first-order chi connectivity index (χ1) is 10.0. The molecule has 0 bridgehead atoms. The molecule has 0 saturated carbocycles. The van der Waals surface area contributed by atoms with Crippen LogP contribution in [-0.2, 0) is 6.42 Å². The second-order valence-electron chi connectivity index (χ2n) is 4.22. The maximum absolute atomic E-state index is 13.3. The van der Waals surface area contributed by atoms with Crippen molar-refractivity contribution in [2.45, 2.75) is 6.42 Å². The molecular formula is C15H11FN2O3. The largest absolute Gasteiger partial charge is 0.477 e. The molecule has 5 nitrogen and oxygen atoms in total. The van der Waals surface area contributed by atoms with Gasteiger partial charge in [-0.1, -0.05) is 12.1 Å². The Morgan fingerprint density at radius 1 is 1.29 bits per heavy atom. The van der Waals surface area contributed by atoms with E-state index in [0.717, 1.165) is 11.6 Å². The minimum atomic E-state index is -1.37. The molecule has 0 atom stereocenters. The molecule has 0 aliphatic carbocycles. The Labute approximate surface area is 120 Å². The van der Waals surface area contributed by atoms with Crippen LogP contribution in [0, 0.1) is 17.1 Å². The molecule has 2 aromatic carbocycles. The van der Waals surface area contributed by atoms with Crippen LogP contribution < -0.4 is 10.5 Å². The molecule has 2 rings (SSSR count). The topological polar surface area (TPSA) is 96.3 Å². The van der Waals surface area contributed by atoms with Crippen LogP contribution >= 0.6 is 0 Å². The number of nitrogen functional groups attached to an aromatic ring is 1. The third-order valence-electron chi connectivity index (χ3n) is 2.80. The summed E-state index contributed by atoms with van der Waals surface area (Å²) in [5.74, 6) is -1.87. The number of benzene rings is 2. The van der Waals surface area contributed by atoms with E-state index in [1.54, 1.807) is 24.3 Å². The van der Waals surface area contributed by atoms with Crippen LogP contribution in [0.3, 0.4) is 0 Å². The number of anilines is 1. The van der Waals surface area contributed by atoms with E-state index in [2.05, 4.69) is 0 Å². The van der Waals surface area contributed by atoms with Gasteiger partial charge in [-0.15, -0.1) is 0 Å². The van der Waals surface area contributed by atoms with Crippen molar-refractivity contribution in [3.05, 3.63) is 53.3 Å². The number of carbonyl (C=O) groups is 1. The van der Waals surface area contributed by atoms with Crippen molar-refractivity contribution in [2.24, 2.45) is 0 Å². The van der Waals surface area contributed by atoms with Gasteiger partial charge in [-0.25, -0.2) is 9.18 Å². The number of carboxylic acids is 1. The van der Waals surface area contributed by atoms with E-state index >= 15 is 0 Å². The first kappa shape index (κ1) is 14.3. The van der Waals surface area contributed by atoms with E-state index in [9.17, 15) is 9.18 Å². The van der Waals surface area contributed by atoms with Crippen LogP contribution in [0.15, 0.2) is 36.4 Å². The fourth-order valence-corrected chi connectivity index (χ4v) is 1.77. The highest BCUT2D eigenvalue weighted by Gasteiger charge is 2.19. The van der Waals surface area contributed by atoms with Crippen molar-refractivity contribution in [1.82, 2.24) is 0 Å². The van der Waals surface area contributed by atoms with Crippen molar-refractivity contribution in [1.29, 1.82) is 5.26 Å². The molecule has 0 aliphatic heterocycles. The first-order valence-corrected chi connectivity index (χ1v) is 5.98. The van der Waals surface area contributed by atoms with Crippen LogP contribution in [0.2, 0.25) is 0 Å². The lowest BCUT2D eigenvalue weighted by Crippen LogP contribution is -2.07. The van der Waals surface area contributed by atoms with Crippen LogP contribution in [0.25, 0.3) is 0 Å². The normalized spacial score (nSPS) is 9.90. The van der Waals surface area contributed by atoms with E-state index < -0.39 is 23.0 Å². The van der Waals surface area contributed by atoms with E-state index in [1.165, 1.54) is 6.07 Å². The van der Waals surface area contributed by atoms with Gasteiger partial charge < -0.3 is 15.6 Å². The number of carboxylic acid groups (broad SMARTS) is 1. The Balaban J connectivity index is 2.33. The highest BCUT2D eigenvalue weighted by atomic mass is 19.1. The summed E-state index contributed by atoms with van der Waals surface area (Å²) in [6, 6.07) is 10.8. The molecule has 0 unspecified atom stereocenters. The summed E-state index contributed by atoms with van der Waals surface area (Å²) in [7, 11) is 0. The molecule has 6 heteroatoms. The number of rotatable bonds is 4. The quantitative estimate of drug-likeness (QED) is 0.842. The number of aromatic carboxylic acids is 1. The van der Waals surface area contributed by atoms with Gasteiger partial charge in [0.25, 0.3) is 0 Å². The Hall–Kier alpha value is -3.07. The smallest absolute Gasteiger partial charge is 0.341 e. The summed E-state index contributed by atoms with van der Waals surface area (Å²) < 4.78 is 18.8. The van der Waals surface area contributed by atoms with Crippen molar-refractivity contribution in [3.63, 3.8) is 0 Å². The fourth-order valence-electron chi connectivity index (χ4n) is 1.77. The van der Waals surface area contributed by atoms with Crippen LogP contribution in [0.4, 0.5) is 10.1 Å². The molecule has 0 radical (unpaired) electrons. The Morgan fingerprint density at radius 2 is 1.95 bits per heavy atom. The van der Waals surface area contributed by atoms with Crippen LogP contribution in [-0.4, -0.2) is 11.1 Å². The van der Waals surface area contributed by atoms with E-state index in [1.807, 2.05) is 6.07 Å². The summed E-state index contributed by atoms with van der Waals surface area (Å²) >= 11 is 0. The third kappa shape index (κ3) is 3.09. The van der Waals surface area contributed by atoms with Gasteiger partial charge in [-0.2, -0.15) is 5.26 Å². The maximum atomic E-state index is 13.3. The lowest BCUT2D eigenvalue weighted by Gasteiger charge is -2.11. The van der Waals surface area contributed by atoms with Gasteiger partial charge >= 0.3 is 5.97 Å². The summed E-state index contributed by atoms with van der Waals surface area (Å²) in [5.41, 5.74) is 5.35. The SMILES string of the molecule is N#CCc1ccc(Oc2ccc(F)c(N)c2C(=O)O)cc1. The van der Waals surface area contributed by atoms with Gasteiger partial charge in [0.1, 0.15) is 22.9 Å². The Bertz CT molecular complexity index is 721. The third-order valence-corrected chi connectivity index (χ3v) is 2.80. The van der Waals surface area contributed by atoms with E-state index in [0.29, 0.717) is 5.75 Å². The first-order valence-electron chi connectivity index (χ1n) is 5.98. The number of nitriles is 1. The molecule has 106 valence electrons. The molecule has 0 spiro atoms.